The van der Waals surface area contributed by atoms with Crippen molar-refractivity contribution in [2.24, 2.45) is 11.7 Å². The van der Waals surface area contributed by atoms with Crippen LogP contribution in [0.25, 0.3) is 0 Å². The largest absolute Gasteiger partial charge is 0.489 e. The van der Waals surface area contributed by atoms with E-state index in [0.29, 0.717) is 57.4 Å². The van der Waals surface area contributed by atoms with Gasteiger partial charge in [0.2, 0.25) is 0 Å². The second-order valence-electron chi connectivity index (χ2n) is 11.1. The molecule has 0 aliphatic carbocycles. The maximum absolute atomic E-state index is 12.6. The van der Waals surface area contributed by atoms with Crippen LogP contribution in [0.3, 0.4) is 0 Å². The highest BCUT2D eigenvalue weighted by atomic mass is 16.6. The lowest BCUT2D eigenvalue weighted by atomic mass is 9.73. The van der Waals surface area contributed by atoms with Crippen LogP contribution in [0.1, 0.15) is 55.2 Å². The Balaban J connectivity index is 1.63. The Bertz CT molecular complexity index is 1160. The van der Waals surface area contributed by atoms with E-state index in [0.717, 1.165) is 55.0 Å². The molecule has 2 aliphatic rings. The van der Waals surface area contributed by atoms with E-state index in [1.165, 1.54) is 0 Å². The number of aliphatic hydroxyl groups is 1. The minimum atomic E-state index is -1.17. The normalized spacial score (nSPS) is 21.4. The summed E-state index contributed by atoms with van der Waals surface area (Å²) in [5.74, 6) is 1.12. The molecule has 0 spiro atoms. The van der Waals surface area contributed by atoms with E-state index in [2.05, 4.69) is 24.0 Å². The number of hydrogen-bond donors (Lipinski definition) is 2. The highest BCUT2D eigenvalue weighted by Gasteiger charge is 2.43. The summed E-state index contributed by atoms with van der Waals surface area (Å²) in [6, 6.07) is 15.9. The lowest BCUT2D eigenvalue weighted by Crippen LogP contribution is -2.48. The van der Waals surface area contributed by atoms with Gasteiger partial charge in [-0.05, 0) is 62.6 Å². The molecular weight excluding hydrogens is 508 g/mol. The lowest BCUT2D eigenvalue weighted by molar-refractivity contribution is -0.405. The van der Waals surface area contributed by atoms with Crippen LogP contribution in [0.2, 0.25) is 0 Å². The summed E-state index contributed by atoms with van der Waals surface area (Å²) < 4.78 is 11.6. The number of nitrogens with zero attached hydrogens (tertiary/aromatic N) is 3. The molecule has 2 saturated heterocycles. The van der Waals surface area contributed by atoms with Gasteiger partial charge in [-0.15, -0.1) is 0 Å². The van der Waals surface area contributed by atoms with Gasteiger partial charge >= 0.3 is 0 Å². The van der Waals surface area contributed by atoms with Crippen molar-refractivity contribution in [3.63, 3.8) is 0 Å². The summed E-state index contributed by atoms with van der Waals surface area (Å²) in [7, 11) is 1.69. The van der Waals surface area contributed by atoms with Crippen molar-refractivity contribution in [2.75, 3.05) is 39.9 Å². The lowest BCUT2D eigenvalue weighted by Gasteiger charge is -2.45. The number of para-hydroxylation sites is 1. The van der Waals surface area contributed by atoms with Gasteiger partial charge in [-0.2, -0.15) is 0 Å². The van der Waals surface area contributed by atoms with Crippen molar-refractivity contribution < 1.29 is 19.5 Å². The topological polar surface area (TPSA) is 114 Å². The van der Waals surface area contributed by atoms with E-state index in [1.54, 1.807) is 7.11 Å². The molecule has 0 aromatic heterocycles. The maximum atomic E-state index is 12.6. The zero-order valence-electron chi connectivity index (χ0n) is 23.8. The number of hydrogen-bond acceptors (Lipinski definition) is 8. The second kappa shape index (κ2) is 14.0. The molecule has 3 atom stereocenters. The molecule has 9 heteroatoms. The molecular formula is C31H44N4O5. The number of likely N-dealkylation sites (tertiary alicyclic amines) is 2. The van der Waals surface area contributed by atoms with Crippen molar-refractivity contribution in [3.8, 4) is 5.75 Å². The summed E-state index contributed by atoms with van der Waals surface area (Å²) >= 11 is 0. The fourth-order valence-corrected chi connectivity index (χ4v) is 6.11. The molecule has 218 valence electrons. The molecule has 0 unspecified atom stereocenters. The molecule has 0 saturated carbocycles. The Hall–Kier alpha value is -3.14. The minimum absolute atomic E-state index is 0.00531. The summed E-state index contributed by atoms with van der Waals surface area (Å²) in [6.07, 6.45) is 5.72. The first-order valence-corrected chi connectivity index (χ1v) is 14.4. The Morgan fingerprint density at radius 3 is 2.60 bits per heavy atom. The van der Waals surface area contributed by atoms with Crippen molar-refractivity contribution in [1.29, 1.82) is 0 Å². The molecule has 4 rings (SSSR count). The van der Waals surface area contributed by atoms with Crippen LogP contribution in [0, 0.1) is 23.0 Å². The predicted octanol–water partition coefficient (Wildman–Crippen LogP) is 4.40. The van der Waals surface area contributed by atoms with Gasteiger partial charge in [-0.3, -0.25) is 10.1 Å². The minimum Gasteiger partial charge on any atom is -0.489 e. The standard InChI is InChI=1S/C31H44N4O5/c1-24-10-3-4-11-25(24)23-40-29-14-6-5-13-28(29)31(36,16-7-8-19-39-2)26-12-9-17-33(20-26)30(22-35(37)38)34-18-15-27(32)21-34/h3-6,10-11,13-14,22,26-27,36H,7-9,12,15-21,23,32H2,1-2H3/b30-22-/t26-,27+,31+/m1/s1. The fourth-order valence-electron chi connectivity index (χ4n) is 6.11. The third-order valence-corrected chi connectivity index (χ3v) is 8.34. The van der Waals surface area contributed by atoms with E-state index in [9.17, 15) is 15.2 Å². The number of benzene rings is 2. The molecule has 2 fully saturated rings. The van der Waals surface area contributed by atoms with Crippen molar-refractivity contribution in [1.82, 2.24) is 9.80 Å². The monoisotopic (exact) mass is 552 g/mol. The number of nitrogens with two attached hydrogens (primary N) is 1. The van der Waals surface area contributed by atoms with Crippen LogP contribution in [0.5, 0.6) is 5.75 Å². The SMILES string of the molecule is COCCCC[C@@](O)(c1ccccc1OCc1ccccc1C)[C@@H]1CCCN(/C(=C/[N+](=O)[O-])N2CC[C@H](N)C2)C1. The van der Waals surface area contributed by atoms with Gasteiger partial charge < -0.3 is 30.1 Å². The van der Waals surface area contributed by atoms with Gasteiger partial charge in [0, 0.05) is 57.4 Å². The summed E-state index contributed by atoms with van der Waals surface area (Å²) in [5, 5.41) is 24.2. The van der Waals surface area contributed by atoms with Crippen molar-refractivity contribution >= 4 is 0 Å². The number of ether oxygens (including phenoxy) is 2. The van der Waals surface area contributed by atoms with Gasteiger partial charge in [0.1, 0.15) is 12.4 Å². The number of nitro groups is 1. The first kappa shape index (κ1) is 29.8. The molecule has 2 heterocycles. The summed E-state index contributed by atoms with van der Waals surface area (Å²) in [4.78, 5) is 15.3. The number of methoxy groups -OCH3 is 1. The van der Waals surface area contributed by atoms with Crippen LogP contribution in [0.4, 0.5) is 0 Å². The Labute approximate surface area is 237 Å². The molecule has 3 N–H and O–H groups in total. The van der Waals surface area contributed by atoms with E-state index in [4.69, 9.17) is 15.2 Å². The highest BCUT2D eigenvalue weighted by molar-refractivity contribution is 5.39. The second-order valence-corrected chi connectivity index (χ2v) is 11.1. The predicted molar refractivity (Wildman–Crippen MR) is 155 cm³/mol. The van der Waals surface area contributed by atoms with Crippen LogP contribution in [-0.4, -0.2) is 65.8 Å². The van der Waals surface area contributed by atoms with Crippen LogP contribution < -0.4 is 10.5 Å². The molecule has 40 heavy (non-hydrogen) atoms. The maximum Gasteiger partial charge on any atom is 0.274 e. The zero-order chi connectivity index (χ0) is 28.5. The summed E-state index contributed by atoms with van der Waals surface area (Å²) in [5.41, 5.74) is 8.01. The number of unbranched alkanes of at least 4 members (excludes halogenated alkanes) is 1. The average Bonchev–Trinajstić information content (AvgIpc) is 3.39. The van der Waals surface area contributed by atoms with Crippen LogP contribution in [-0.2, 0) is 16.9 Å². The quantitative estimate of drug-likeness (QED) is 0.214. The van der Waals surface area contributed by atoms with Gasteiger partial charge in [-0.25, -0.2) is 0 Å². The molecule has 2 aliphatic heterocycles. The third kappa shape index (κ3) is 7.33. The van der Waals surface area contributed by atoms with Crippen molar-refractivity contribution in [3.05, 3.63) is 87.4 Å². The molecule has 9 nitrogen and oxygen atoms in total. The van der Waals surface area contributed by atoms with Gasteiger partial charge in [0.05, 0.1) is 10.5 Å². The zero-order valence-corrected chi connectivity index (χ0v) is 23.8. The number of piperidine rings is 1. The fraction of sp³-hybridized carbons (Fsp3) is 0.548. The Morgan fingerprint density at radius 1 is 1.12 bits per heavy atom. The van der Waals surface area contributed by atoms with Crippen LogP contribution in [0.15, 0.2) is 60.6 Å². The number of aryl methyl sites for hydroxylation is 1. The molecule has 0 amide bonds. The molecule has 2 aromatic rings. The van der Waals surface area contributed by atoms with Gasteiger partial charge in [-0.1, -0.05) is 42.5 Å². The van der Waals surface area contributed by atoms with E-state index < -0.39 is 5.60 Å². The molecule has 0 radical (unpaired) electrons. The van der Waals surface area contributed by atoms with E-state index >= 15 is 0 Å². The first-order valence-electron chi connectivity index (χ1n) is 14.4. The highest BCUT2D eigenvalue weighted by Crippen LogP contribution is 2.44. The third-order valence-electron chi connectivity index (χ3n) is 8.34. The average molecular weight is 553 g/mol. The number of rotatable bonds is 13. The van der Waals surface area contributed by atoms with E-state index in [-0.39, 0.29) is 16.9 Å². The molecule has 0 bridgehead atoms. The Kier molecular flexibility index (Phi) is 10.4. The van der Waals surface area contributed by atoms with Gasteiger partial charge in [0.15, 0.2) is 5.82 Å². The molecule has 2 aromatic carbocycles. The van der Waals surface area contributed by atoms with Crippen molar-refractivity contribution in [2.45, 2.75) is 63.7 Å². The summed E-state index contributed by atoms with van der Waals surface area (Å²) in [6.45, 7) is 5.60. The smallest absolute Gasteiger partial charge is 0.274 e. The Morgan fingerprint density at radius 2 is 1.88 bits per heavy atom. The van der Waals surface area contributed by atoms with Crippen LogP contribution >= 0.6 is 0 Å². The van der Waals surface area contributed by atoms with E-state index in [1.807, 2.05) is 41.3 Å². The first-order chi connectivity index (χ1) is 19.3. The van der Waals surface area contributed by atoms with Gasteiger partial charge in [0.25, 0.3) is 6.20 Å².